The fourth-order valence-electron chi connectivity index (χ4n) is 2.09. The first-order valence-corrected chi connectivity index (χ1v) is 6.11. The minimum absolute atomic E-state index is 0.269. The second kappa shape index (κ2) is 5.07. The highest BCUT2D eigenvalue weighted by atomic mass is 16.3. The molecule has 0 radical (unpaired) electrons. The van der Waals surface area contributed by atoms with E-state index in [1.54, 1.807) is 12.1 Å². The van der Waals surface area contributed by atoms with E-state index in [0.29, 0.717) is 12.2 Å². The lowest BCUT2D eigenvalue weighted by atomic mass is 10.1. The van der Waals surface area contributed by atoms with Crippen LogP contribution in [0.4, 0.5) is 5.69 Å². The van der Waals surface area contributed by atoms with E-state index in [2.05, 4.69) is 11.4 Å². The van der Waals surface area contributed by atoms with Crippen LogP contribution in [0.1, 0.15) is 22.5 Å². The van der Waals surface area contributed by atoms with Crippen LogP contribution in [-0.4, -0.2) is 9.67 Å². The Labute approximate surface area is 112 Å². The smallest absolute Gasteiger partial charge is 0.120 e. The first-order chi connectivity index (χ1) is 9.02. The van der Waals surface area contributed by atoms with E-state index in [-0.39, 0.29) is 5.75 Å². The summed E-state index contributed by atoms with van der Waals surface area (Å²) >= 11 is 0. The first kappa shape index (κ1) is 13.0. The summed E-state index contributed by atoms with van der Waals surface area (Å²) in [4.78, 5) is 0. The standard InChI is InChI=1S/C15H17N3O/c1-10-6-14(19)4-5-15(10)17-9-12-7-13(8-16)18(3)11(12)2/h4-7,17,19H,9H2,1-3H3. The van der Waals surface area contributed by atoms with Gasteiger partial charge in [0.15, 0.2) is 0 Å². The summed E-state index contributed by atoms with van der Waals surface area (Å²) in [7, 11) is 1.89. The number of hydrogen-bond acceptors (Lipinski definition) is 3. The fraction of sp³-hybridized carbons (Fsp3) is 0.267. The average molecular weight is 255 g/mol. The number of phenols is 1. The molecule has 4 nitrogen and oxygen atoms in total. The molecule has 0 aliphatic carbocycles. The summed E-state index contributed by atoms with van der Waals surface area (Å²) in [5.41, 5.74) is 4.83. The monoisotopic (exact) mass is 255 g/mol. The lowest BCUT2D eigenvalue weighted by Gasteiger charge is -2.10. The number of aromatic hydroxyl groups is 1. The first-order valence-electron chi connectivity index (χ1n) is 6.11. The Kier molecular flexibility index (Phi) is 3.48. The van der Waals surface area contributed by atoms with Crippen molar-refractivity contribution in [1.82, 2.24) is 4.57 Å². The van der Waals surface area contributed by atoms with Gasteiger partial charge in [-0.1, -0.05) is 0 Å². The number of anilines is 1. The topological polar surface area (TPSA) is 61.0 Å². The summed E-state index contributed by atoms with van der Waals surface area (Å²) in [6.45, 7) is 4.61. The van der Waals surface area contributed by atoms with Crippen molar-refractivity contribution in [1.29, 1.82) is 5.26 Å². The van der Waals surface area contributed by atoms with Crippen molar-refractivity contribution in [3.63, 3.8) is 0 Å². The van der Waals surface area contributed by atoms with E-state index in [0.717, 1.165) is 22.5 Å². The fourth-order valence-corrected chi connectivity index (χ4v) is 2.09. The molecule has 2 N–H and O–H groups in total. The van der Waals surface area contributed by atoms with Crippen molar-refractivity contribution in [3.8, 4) is 11.8 Å². The highest BCUT2D eigenvalue weighted by Crippen LogP contribution is 2.22. The van der Waals surface area contributed by atoms with Gasteiger partial charge in [0.1, 0.15) is 17.5 Å². The van der Waals surface area contributed by atoms with E-state index in [9.17, 15) is 5.11 Å². The summed E-state index contributed by atoms with van der Waals surface area (Å²) in [6.07, 6.45) is 0. The van der Waals surface area contributed by atoms with Crippen LogP contribution in [0.2, 0.25) is 0 Å². The molecule has 2 rings (SSSR count). The van der Waals surface area contributed by atoms with E-state index in [1.165, 1.54) is 0 Å². The Morgan fingerprint density at radius 2 is 2.05 bits per heavy atom. The maximum Gasteiger partial charge on any atom is 0.120 e. The highest BCUT2D eigenvalue weighted by molar-refractivity contribution is 5.54. The molecule has 1 heterocycles. The normalized spacial score (nSPS) is 10.2. The summed E-state index contributed by atoms with van der Waals surface area (Å²) in [5, 5.41) is 21.7. The van der Waals surface area contributed by atoms with E-state index in [4.69, 9.17) is 5.26 Å². The number of rotatable bonds is 3. The zero-order chi connectivity index (χ0) is 14.0. The lowest BCUT2D eigenvalue weighted by molar-refractivity contribution is 0.475. The molecule has 0 atom stereocenters. The molecule has 0 saturated heterocycles. The molecule has 1 aromatic carbocycles. The predicted octanol–water partition coefficient (Wildman–Crippen LogP) is 2.83. The Morgan fingerprint density at radius 1 is 1.32 bits per heavy atom. The van der Waals surface area contributed by atoms with Gasteiger partial charge in [0, 0.05) is 25.0 Å². The van der Waals surface area contributed by atoms with Crippen LogP contribution in [0.15, 0.2) is 24.3 Å². The Bertz CT molecular complexity index is 650. The van der Waals surface area contributed by atoms with Gasteiger partial charge in [-0.25, -0.2) is 0 Å². The van der Waals surface area contributed by atoms with Crippen LogP contribution in [0.3, 0.4) is 0 Å². The maximum absolute atomic E-state index is 9.37. The molecule has 98 valence electrons. The molecule has 0 spiro atoms. The lowest BCUT2D eigenvalue weighted by Crippen LogP contribution is -2.02. The van der Waals surface area contributed by atoms with Gasteiger partial charge in [-0.2, -0.15) is 5.26 Å². The second-order valence-corrected chi connectivity index (χ2v) is 4.66. The molecule has 0 aliphatic heterocycles. The van der Waals surface area contributed by atoms with Crippen LogP contribution in [0.25, 0.3) is 0 Å². The van der Waals surface area contributed by atoms with Gasteiger partial charge in [0.2, 0.25) is 0 Å². The van der Waals surface area contributed by atoms with E-state index in [1.807, 2.05) is 37.6 Å². The molecule has 2 aromatic rings. The number of nitrogens with one attached hydrogen (secondary N) is 1. The molecular weight excluding hydrogens is 238 g/mol. The van der Waals surface area contributed by atoms with Crippen molar-refractivity contribution >= 4 is 5.69 Å². The number of nitrogens with zero attached hydrogens (tertiary/aromatic N) is 2. The van der Waals surface area contributed by atoms with Gasteiger partial charge in [0.05, 0.1) is 0 Å². The molecule has 19 heavy (non-hydrogen) atoms. The Morgan fingerprint density at radius 3 is 2.63 bits per heavy atom. The minimum atomic E-state index is 0.269. The van der Waals surface area contributed by atoms with Gasteiger partial charge >= 0.3 is 0 Å². The zero-order valence-corrected chi connectivity index (χ0v) is 11.4. The third kappa shape index (κ3) is 2.55. The predicted molar refractivity (Wildman–Crippen MR) is 75.0 cm³/mol. The number of nitriles is 1. The molecule has 0 saturated carbocycles. The number of phenolic OH excluding ortho intramolecular Hbond substituents is 1. The molecule has 0 fully saturated rings. The number of hydrogen-bond donors (Lipinski definition) is 2. The SMILES string of the molecule is Cc1cc(O)ccc1NCc1cc(C#N)n(C)c1C. The summed E-state index contributed by atoms with van der Waals surface area (Å²) < 4.78 is 1.89. The van der Waals surface area contributed by atoms with Crippen LogP contribution in [0.5, 0.6) is 5.75 Å². The number of benzene rings is 1. The van der Waals surface area contributed by atoms with Gasteiger partial charge in [-0.3, -0.25) is 0 Å². The van der Waals surface area contributed by atoms with Gasteiger partial charge in [0.25, 0.3) is 0 Å². The molecule has 0 bridgehead atoms. The summed E-state index contributed by atoms with van der Waals surface area (Å²) in [6, 6.07) is 9.32. The quantitative estimate of drug-likeness (QED) is 0.829. The zero-order valence-electron chi connectivity index (χ0n) is 11.4. The third-order valence-electron chi connectivity index (χ3n) is 3.43. The average Bonchev–Trinajstić information content (AvgIpc) is 2.65. The van der Waals surface area contributed by atoms with E-state index >= 15 is 0 Å². The van der Waals surface area contributed by atoms with Crippen LogP contribution < -0.4 is 5.32 Å². The molecule has 4 heteroatoms. The molecular formula is C15H17N3O. The van der Waals surface area contributed by atoms with Crippen molar-refractivity contribution < 1.29 is 5.11 Å². The van der Waals surface area contributed by atoms with Crippen LogP contribution >= 0.6 is 0 Å². The maximum atomic E-state index is 9.37. The summed E-state index contributed by atoms with van der Waals surface area (Å²) in [5.74, 6) is 0.269. The van der Waals surface area contributed by atoms with Crippen molar-refractivity contribution in [2.75, 3.05) is 5.32 Å². The highest BCUT2D eigenvalue weighted by Gasteiger charge is 2.08. The second-order valence-electron chi connectivity index (χ2n) is 4.66. The largest absolute Gasteiger partial charge is 0.508 e. The van der Waals surface area contributed by atoms with Crippen molar-refractivity contribution in [3.05, 3.63) is 46.8 Å². The molecule has 0 aliphatic rings. The van der Waals surface area contributed by atoms with Crippen LogP contribution in [0, 0.1) is 25.2 Å². The number of aryl methyl sites for hydroxylation is 1. The third-order valence-corrected chi connectivity index (χ3v) is 3.43. The molecule has 0 unspecified atom stereocenters. The molecule has 1 aromatic heterocycles. The van der Waals surface area contributed by atoms with Gasteiger partial charge in [-0.05, 0) is 49.2 Å². The Balaban J connectivity index is 2.17. The van der Waals surface area contributed by atoms with Crippen molar-refractivity contribution in [2.45, 2.75) is 20.4 Å². The molecule has 0 amide bonds. The van der Waals surface area contributed by atoms with Gasteiger partial charge in [-0.15, -0.1) is 0 Å². The van der Waals surface area contributed by atoms with E-state index < -0.39 is 0 Å². The Hall–Kier alpha value is -2.41. The number of aromatic nitrogens is 1. The van der Waals surface area contributed by atoms with Crippen molar-refractivity contribution in [2.24, 2.45) is 7.05 Å². The van der Waals surface area contributed by atoms with Gasteiger partial charge < -0.3 is 15.0 Å². The minimum Gasteiger partial charge on any atom is -0.508 e. The van der Waals surface area contributed by atoms with Crippen LogP contribution in [-0.2, 0) is 13.6 Å².